The van der Waals surface area contributed by atoms with Gasteiger partial charge in [0.05, 0.1) is 6.04 Å². The molecule has 0 bridgehead atoms. The van der Waals surface area contributed by atoms with Gasteiger partial charge in [-0.2, -0.15) is 0 Å². The van der Waals surface area contributed by atoms with Gasteiger partial charge in [0, 0.05) is 20.4 Å². The van der Waals surface area contributed by atoms with Crippen LogP contribution in [-0.2, 0) is 0 Å². The summed E-state index contributed by atoms with van der Waals surface area (Å²) in [5.41, 5.74) is 0. The molecule has 0 aliphatic carbocycles. The van der Waals surface area contributed by atoms with Gasteiger partial charge in [-0.1, -0.05) is 0 Å². The van der Waals surface area contributed by atoms with Crippen molar-refractivity contribution in [1.82, 2.24) is 5.32 Å². The lowest BCUT2D eigenvalue weighted by Gasteiger charge is -2.14. The number of aryl methyl sites for hydroxylation is 1. The second-order valence-electron chi connectivity index (χ2n) is 4.05. The maximum atomic E-state index is 12.8. The third-order valence-electron chi connectivity index (χ3n) is 2.68. The summed E-state index contributed by atoms with van der Waals surface area (Å²) in [6, 6.07) is 11.3. The highest BCUT2D eigenvalue weighted by Crippen LogP contribution is 2.28. The highest BCUT2D eigenvalue weighted by molar-refractivity contribution is 7.99. The van der Waals surface area contributed by atoms with Gasteiger partial charge in [-0.05, 0) is 50.4 Å². The van der Waals surface area contributed by atoms with Gasteiger partial charge in [0.15, 0.2) is 0 Å². The zero-order chi connectivity index (χ0) is 13.0. The third-order valence-corrected chi connectivity index (χ3v) is 4.90. The van der Waals surface area contributed by atoms with Crippen LogP contribution in [0.1, 0.15) is 15.8 Å². The van der Waals surface area contributed by atoms with E-state index < -0.39 is 0 Å². The van der Waals surface area contributed by atoms with Crippen molar-refractivity contribution in [2.24, 2.45) is 0 Å². The summed E-state index contributed by atoms with van der Waals surface area (Å²) >= 11 is 3.57. The fraction of sp³-hybridized carbons (Fsp3) is 0.286. The lowest BCUT2D eigenvalue weighted by Crippen LogP contribution is -2.17. The average Bonchev–Trinajstić information content (AvgIpc) is 2.79. The molecular formula is C14H16FNS2. The molecular weight excluding hydrogens is 265 g/mol. The van der Waals surface area contributed by atoms with E-state index in [0.29, 0.717) is 6.04 Å². The number of hydrogen-bond acceptors (Lipinski definition) is 3. The second-order valence-corrected chi connectivity index (χ2v) is 6.47. The highest BCUT2D eigenvalue weighted by Gasteiger charge is 2.11. The Balaban J connectivity index is 1.97. The molecule has 2 aromatic rings. The van der Waals surface area contributed by atoms with Crippen LogP contribution in [0, 0.1) is 12.7 Å². The molecule has 0 radical (unpaired) electrons. The van der Waals surface area contributed by atoms with E-state index >= 15 is 0 Å². The topological polar surface area (TPSA) is 12.0 Å². The van der Waals surface area contributed by atoms with E-state index in [9.17, 15) is 4.39 Å². The van der Waals surface area contributed by atoms with Gasteiger partial charge < -0.3 is 5.32 Å². The van der Waals surface area contributed by atoms with Gasteiger partial charge in [0.1, 0.15) is 5.82 Å². The summed E-state index contributed by atoms with van der Waals surface area (Å²) < 4.78 is 12.8. The number of nitrogens with one attached hydrogen (secondary N) is 1. The summed E-state index contributed by atoms with van der Waals surface area (Å²) in [6.07, 6.45) is 0. The standard InChI is InChI=1S/C14H16FNS2/c1-10-3-8-14(18-10)13(16-2)9-17-12-6-4-11(15)5-7-12/h3-8,13,16H,9H2,1-2H3. The van der Waals surface area contributed by atoms with Crippen molar-refractivity contribution >= 4 is 23.1 Å². The number of hydrogen-bond donors (Lipinski definition) is 1. The van der Waals surface area contributed by atoms with Gasteiger partial charge >= 0.3 is 0 Å². The molecule has 0 aliphatic rings. The van der Waals surface area contributed by atoms with Gasteiger partial charge in [-0.25, -0.2) is 4.39 Å². The summed E-state index contributed by atoms with van der Waals surface area (Å²) in [4.78, 5) is 3.78. The minimum absolute atomic E-state index is 0.182. The molecule has 0 aliphatic heterocycles. The molecule has 1 heterocycles. The third kappa shape index (κ3) is 3.57. The van der Waals surface area contributed by atoms with Crippen molar-refractivity contribution in [2.45, 2.75) is 17.9 Å². The minimum Gasteiger partial charge on any atom is -0.312 e. The molecule has 1 aromatic carbocycles. The molecule has 0 saturated heterocycles. The maximum Gasteiger partial charge on any atom is 0.123 e. The highest BCUT2D eigenvalue weighted by atomic mass is 32.2. The second kappa shape index (κ2) is 6.36. The lowest BCUT2D eigenvalue weighted by molar-refractivity contribution is 0.626. The number of thioether (sulfide) groups is 1. The predicted octanol–water partition coefficient (Wildman–Crippen LogP) is 4.25. The van der Waals surface area contributed by atoms with Crippen molar-refractivity contribution in [3.8, 4) is 0 Å². The fourth-order valence-corrected chi connectivity index (χ4v) is 3.79. The van der Waals surface area contributed by atoms with Crippen LogP contribution < -0.4 is 5.32 Å². The van der Waals surface area contributed by atoms with Gasteiger partial charge in [-0.15, -0.1) is 23.1 Å². The SMILES string of the molecule is CNC(CSc1ccc(F)cc1)c1ccc(C)s1. The molecule has 0 spiro atoms. The first-order chi connectivity index (χ1) is 8.69. The summed E-state index contributed by atoms with van der Waals surface area (Å²) in [5.74, 6) is 0.764. The Labute approximate surface area is 115 Å². The Hall–Kier alpha value is -0.840. The minimum atomic E-state index is -0.182. The van der Waals surface area contributed by atoms with E-state index in [1.165, 1.54) is 21.9 Å². The van der Waals surface area contributed by atoms with Gasteiger partial charge in [0.25, 0.3) is 0 Å². The van der Waals surface area contributed by atoms with Crippen molar-refractivity contribution in [1.29, 1.82) is 0 Å². The molecule has 2 rings (SSSR count). The Morgan fingerprint density at radius 2 is 1.94 bits per heavy atom. The molecule has 4 heteroatoms. The van der Waals surface area contributed by atoms with Gasteiger partial charge in [-0.3, -0.25) is 0 Å². The molecule has 96 valence electrons. The van der Waals surface area contributed by atoms with Crippen LogP contribution in [0.3, 0.4) is 0 Å². The van der Waals surface area contributed by atoms with Crippen LogP contribution in [0.2, 0.25) is 0 Å². The molecule has 1 N–H and O–H groups in total. The van der Waals surface area contributed by atoms with Crippen LogP contribution in [-0.4, -0.2) is 12.8 Å². The van der Waals surface area contributed by atoms with Gasteiger partial charge in [0.2, 0.25) is 0 Å². The zero-order valence-corrected chi connectivity index (χ0v) is 12.1. The first-order valence-corrected chi connectivity index (χ1v) is 7.61. The summed E-state index contributed by atoms with van der Waals surface area (Å²) in [5, 5.41) is 3.33. The Morgan fingerprint density at radius 3 is 2.50 bits per heavy atom. The Morgan fingerprint density at radius 1 is 1.22 bits per heavy atom. The van der Waals surface area contributed by atoms with E-state index in [0.717, 1.165) is 10.6 Å². The Bertz CT molecular complexity index is 493. The molecule has 18 heavy (non-hydrogen) atoms. The average molecular weight is 281 g/mol. The van der Waals surface area contributed by atoms with Crippen LogP contribution in [0.15, 0.2) is 41.3 Å². The van der Waals surface area contributed by atoms with Crippen molar-refractivity contribution < 1.29 is 4.39 Å². The van der Waals surface area contributed by atoms with E-state index in [-0.39, 0.29) is 5.82 Å². The lowest BCUT2D eigenvalue weighted by atomic mass is 10.3. The predicted molar refractivity (Wildman–Crippen MR) is 78.0 cm³/mol. The molecule has 1 unspecified atom stereocenters. The quantitative estimate of drug-likeness (QED) is 0.822. The Kier molecular flexibility index (Phi) is 4.80. The summed E-state index contributed by atoms with van der Waals surface area (Å²) in [7, 11) is 1.98. The van der Waals surface area contributed by atoms with Crippen LogP contribution in [0.5, 0.6) is 0 Å². The number of rotatable bonds is 5. The van der Waals surface area contributed by atoms with Crippen molar-refractivity contribution in [3.05, 3.63) is 52.0 Å². The maximum absolute atomic E-state index is 12.8. The van der Waals surface area contributed by atoms with Crippen LogP contribution in [0.4, 0.5) is 4.39 Å². The molecule has 0 saturated carbocycles. The smallest absolute Gasteiger partial charge is 0.123 e. The number of benzene rings is 1. The first kappa shape index (κ1) is 13.6. The van der Waals surface area contributed by atoms with E-state index in [1.807, 2.05) is 30.5 Å². The van der Waals surface area contributed by atoms with Crippen LogP contribution in [0.25, 0.3) is 0 Å². The summed E-state index contributed by atoms with van der Waals surface area (Å²) in [6.45, 7) is 2.12. The van der Waals surface area contributed by atoms with Crippen molar-refractivity contribution in [2.75, 3.05) is 12.8 Å². The molecule has 0 fully saturated rings. The molecule has 0 amide bonds. The monoisotopic (exact) mass is 281 g/mol. The van der Waals surface area contributed by atoms with E-state index in [1.54, 1.807) is 11.8 Å². The molecule has 1 aromatic heterocycles. The van der Waals surface area contributed by atoms with Crippen LogP contribution >= 0.6 is 23.1 Å². The number of halogens is 1. The molecule has 1 atom stereocenters. The first-order valence-electron chi connectivity index (χ1n) is 5.81. The largest absolute Gasteiger partial charge is 0.312 e. The van der Waals surface area contributed by atoms with Crippen molar-refractivity contribution in [3.63, 3.8) is 0 Å². The van der Waals surface area contributed by atoms with E-state index in [2.05, 4.69) is 24.4 Å². The van der Waals surface area contributed by atoms with E-state index in [4.69, 9.17) is 0 Å². The zero-order valence-electron chi connectivity index (χ0n) is 10.4. The molecule has 1 nitrogen and oxygen atoms in total. The number of thiophene rings is 1. The normalized spacial score (nSPS) is 12.6. The fourth-order valence-electron chi connectivity index (χ4n) is 1.66.